The maximum absolute atomic E-state index is 6.06. The molecule has 0 saturated heterocycles. The molecule has 0 bridgehead atoms. The van der Waals surface area contributed by atoms with Gasteiger partial charge in [0.05, 0.1) is 6.61 Å². The predicted molar refractivity (Wildman–Crippen MR) is 78.7 cm³/mol. The van der Waals surface area contributed by atoms with Gasteiger partial charge < -0.3 is 24.7 Å². The van der Waals surface area contributed by atoms with E-state index in [1.165, 1.54) is 12.8 Å². The first-order valence-electron chi connectivity index (χ1n) is 7.65. The van der Waals surface area contributed by atoms with Crippen LogP contribution in [0, 0.1) is 5.92 Å². The fraction of sp³-hybridized carbons (Fsp3) is 0.625. The summed E-state index contributed by atoms with van der Waals surface area (Å²) in [4.78, 5) is 0. The predicted octanol–water partition coefficient (Wildman–Crippen LogP) is 2.46. The average molecular weight is 293 g/mol. The number of benzene rings is 1. The van der Waals surface area contributed by atoms with Gasteiger partial charge in [-0.05, 0) is 43.2 Å². The van der Waals surface area contributed by atoms with Gasteiger partial charge in [-0.15, -0.1) is 0 Å². The third-order valence-electron chi connectivity index (χ3n) is 3.91. The summed E-state index contributed by atoms with van der Waals surface area (Å²) in [6.07, 6.45) is 4.23. The maximum atomic E-state index is 6.06. The van der Waals surface area contributed by atoms with Gasteiger partial charge >= 0.3 is 0 Å². The molecule has 1 aliphatic heterocycles. The lowest BCUT2D eigenvalue weighted by Gasteiger charge is -2.15. The molecular formula is C16H23NO4. The summed E-state index contributed by atoms with van der Waals surface area (Å²) < 4.78 is 22.1. The molecule has 2 aliphatic rings. The minimum Gasteiger partial charge on any atom is -0.467 e. The highest BCUT2D eigenvalue weighted by Crippen LogP contribution is 2.38. The van der Waals surface area contributed by atoms with Crippen molar-refractivity contribution in [3.63, 3.8) is 0 Å². The lowest BCUT2D eigenvalue weighted by molar-refractivity contribution is 0.00935. The number of hydrogen-bond donors (Lipinski definition) is 1. The maximum Gasteiger partial charge on any atom is 0.231 e. The van der Waals surface area contributed by atoms with E-state index in [2.05, 4.69) is 6.92 Å². The zero-order valence-corrected chi connectivity index (χ0v) is 12.5. The Labute approximate surface area is 125 Å². The standard InChI is InChI=1S/C16H23NO4/c1-2-13(17)5-12-6-15-16(21-10-20-15)7-14(12)19-9-18-8-11-3-4-11/h6-7,11,13H,2-5,8-10,17H2,1H3. The fourth-order valence-electron chi connectivity index (χ4n) is 2.29. The van der Waals surface area contributed by atoms with E-state index in [4.69, 9.17) is 24.7 Å². The van der Waals surface area contributed by atoms with Crippen LogP contribution in [0.1, 0.15) is 31.7 Å². The summed E-state index contributed by atoms with van der Waals surface area (Å²) in [6.45, 7) is 3.39. The van der Waals surface area contributed by atoms with Crippen molar-refractivity contribution < 1.29 is 18.9 Å². The Kier molecular flexibility index (Phi) is 4.51. The molecule has 21 heavy (non-hydrogen) atoms. The molecule has 5 nitrogen and oxygen atoms in total. The van der Waals surface area contributed by atoms with Crippen LogP contribution in [0.4, 0.5) is 0 Å². The second kappa shape index (κ2) is 6.54. The van der Waals surface area contributed by atoms with Crippen molar-refractivity contribution in [1.82, 2.24) is 0 Å². The van der Waals surface area contributed by atoms with Crippen LogP contribution < -0.4 is 19.9 Å². The Morgan fingerprint density at radius 3 is 2.76 bits per heavy atom. The molecule has 0 radical (unpaired) electrons. The van der Waals surface area contributed by atoms with E-state index in [1.807, 2.05) is 12.1 Å². The number of fused-ring (bicyclic) bond motifs is 1. The zero-order valence-electron chi connectivity index (χ0n) is 12.5. The van der Waals surface area contributed by atoms with E-state index < -0.39 is 0 Å². The van der Waals surface area contributed by atoms with Gasteiger partial charge in [0.25, 0.3) is 0 Å². The van der Waals surface area contributed by atoms with Crippen molar-refractivity contribution in [2.75, 3.05) is 20.2 Å². The lowest BCUT2D eigenvalue weighted by atomic mass is 10.0. The van der Waals surface area contributed by atoms with Gasteiger partial charge in [-0.3, -0.25) is 0 Å². The van der Waals surface area contributed by atoms with E-state index in [9.17, 15) is 0 Å². The molecular weight excluding hydrogens is 270 g/mol. The molecule has 1 atom stereocenters. The summed E-state index contributed by atoms with van der Waals surface area (Å²) in [5.41, 5.74) is 7.11. The number of rotatable bonds is 8. The summed E-state index contributed by atoms with van der Waals surface area (Å²) >= 11 is 0. The monoisotopic (exact) mass is 293 g/mol. The van der Waals surface area contributed by atoms with E-state index >= 15 is 0 Å². The van der Waals surface area contributed by atoms with Crippen molar-refractivity contribution in [2.45, 2.75) is 38.6 Å². The average Bonchev–Trinajstić information content (AvgIpc) is 3.20. The first kappa shape index (κ1) is 14.5. The van der Waals surface area contributed by atoms with Crippen LogP contribution in [0.15, 0.2) is 12.1 Å². The topological polar surface area (TPSA) is 62.9 Å². The molecule has 1 saturated carbocycles. The lowest BCUT2D eigenvalue weighted by Crippen LogP contribution is -2.22. The van der Waals surface area contributed by atoms with Crippen molar-refractivity contribution >= 4 is 0 Å². The molecule has 1 unspecified atom stereocenters. The van der Waals surface area contributed by atoms with E-state index in [1.54, 1.807) is 0 Å². The van der Waals surface area contributed by atoms with Gasteiger partial charge in [0, 0.05) is 12.1 Å². The molecule has 0 aromatic heterocycles. The molecule has 0 spiro atoms. The number of ether oxygens (including phenoxy) is 4. The normalized spacial score (nSPS) is 17.8. The van der Waals surface area contributed by atoms with Crippen LogP contribution in [0.25, 0.3) is 0 Å². The van der Waals surface area contributed by atoms with E-state index in [0.717, 1.165) is 48.2 Å². The Hall–Kier alpha value is -1.46. The second-order valence-electron chi connectivity index (χ2n) is 5.76. The third-order valence-corrected chi connectivity index (χ3v) is 3.91. The molecule has 1 aromatic rings. The van der Waals surface area contributed by atoms with Crippen LogP contribution in [-0.4, -0.2) is 26.2 Å². The van der Waals surface area contributed by atoms with Gasteiger partial charge in [-0.1, -0.05) is 6.92 Å². The molecule has 5 heteroatoms. The molecule has 1 aliphatic carbocycles. The Bertz CT molecular complexity index is 487. The first-order valence-corrected chi connectivity index (χ1v) is 7.65. The Morgan fingerprint density at radius 2 is 2.05 bits per heavy atom. The van der Waals surface area contributed by atoms with Crippen LogP contribution in [-0.2, 0) is 11.2 Å². The number of nitrogens with two attached hydrogens (primary N) is 1. The van der Waals surface area contributed by atoms with Gasteiger partial charge in [0.2, 0.25) is 6.79 Å². The fourth-order valence-corrected chi connectivity index (χ4v) is 2.29. The number of hydrogen-bond acceptors (Lipinski definition) is 5. The van der Waals surface area contributed by atoms with Crippen LogP contribution in [0.3, 0.4) is 0 Å². The third kappa shape index (κ3) is 3.80. The Balaban J connectivity index is 1.65. The summed E-state index contributed by atoms with van der Waals surface area (Å²) in [5.74, 6) is 3.00. The largest absolute Gasteiger partial charge is 0.467 e. The summed E-state index contributed by atoms with van der Waals surface area (Å²) in [6, 6.07) is 3.95. The molecule has 1 fully saturated rings. The molecule has 1 heterocycles. The van der Waals surface area contributed by atoms with Crippen LogP contribution >= 0.6 is 0 Å². The molecule has 0 amide bonds. The van der Waals surface area contributed by atoms with Crippen molar-refractivity contribution in [3.05, 3.63) is 17.7 Å². The molecule has 1 aromatic carbocycles. The van der Waals surface area contributed by atoms with Gasteiger partial charge in [0.1, 0.15) is 5.75 Å². The molecule has 2 N–H and O–H groups in total. The van der Waals surface area contributed by atoms with E-state index in [0.29, 0.717) is 0 Å². The molecule has 3 rings (SSSR count). The minimum absolute atomic E-state index is 0.111. The second-order valence-corrected chi connectivity index (χ2v) is 5.76. The van der Waals surface area contributed by atoms with E-state index in [-0.39, 0.29) is 19.6 Å². The highest BCUT2D eigenvalue weighted by atomic mass is 16.7. The smallest absolute Gasteiger partial charge is 0.231 e. The van der Waals surface area contributed by atoms with Gasteiger partial charge in [0.15, 0.2) is 18.3 Å². The van der Waals surface area contributed by atoms with Crippen LogP contribution in [0.5, 0.6) is 17.2 Å². The quantitative estimate of drug-likeness (QED) is 0.589. The first-order chi connectivity index (χ1) is 10.3. The zero-order chi connectivity index (χ0) is 14.7. The summed E-state index contributed by atoms with van der Waals surface area (Å²) in [5, 5.41) is 0. The van der Waals surface area contributed by atoms with Crippen molar-refractivity contribution in [3.8, 4) is 17.2 Å². The van der Waals surface area contributed by atoms with Crippen LogP contribution in [0.2, 0.25) is 0 Å². The molecule has 116 valence electrons. The highest BCUT2D eigenvalue weighted by Gasteiger charge is 2.22. The van der Waals surface area contributed by atoms with Crippen molar-refractivity contribution in [2.24, 2.45) is 11.7 Å². The SMILES string of the molecule is CCC(N)Cc1cc2c(cc1OCOCC1CC1)OCO2. The van der Waals surface area contributed by atoms with Crippen molar-refractivity contribution in [1.29, 1.82) is 0 Å². The van der Waals surface area contributed by atoms with Gasteiger partial charge in [-0.25, -0.2) is 0 Å². The Morgan fingerprint density at radius 1 is 1.29 bits per heavy atom. The minimum atomic E-state index is 0.111. The van der Waals surface area contributed by atoms with Gasteiger partial charge in [-0.2, -0.15) is 0 Å². The highest BCUT2D eigenvalue weighted by molar-refractivity contribution is 5.52. The summed E-state index contributed by atoms with van der Waals surface area (Å²) in [7, 11) is 0.